The van der Waals surface area contributed by atoms with Gasteiger partial charge in [0, 0.05) is 24.8 Å². The molecule has 3 rings (SSSR count). The molecule has 1 N–H and O–H groups in total. The van der Waals surface area contributed by atoms with Gasteiger partial charge in [0.15, 0.2) is 0 Å². The van der Waals surface area contributed by atoms with Crippen LogP contribution in [0.3, 0.4) is 0 Å². The fourth-order valence-electron chi connectivity index (χ4n) is 2.64. The van der Waals surface area contributed by atoms with Crippen LogP contribution in [0.5, 0.6) is 0 Å². The van der Waals surface area contributed by atoms with Crippen molar-refractivity contribution in [2.24, 2.45) is 0 Å². The van der Waals surface area contributed by atoms with Crippen molar-refractivity contribution >= 4 is 33.1 Å². The topological polar surface area (TPSA) is 67.2 Å². The van der Waals surface area contributed by atoms with Crippen LogP contribution in [-0.4, -0.2) is 29.2 Å². The Morgan fingerprint density at radius 2 is 2.00 bits per heavy atom. The minimum atomic E-state index is -0.341. The molecular formula is C18H20N4O2S. The zero-order chi connectivity index (χ0) is 18.0. The second kappa shape index (κ2) is 7.06. The Morgan fingerprint density at radius 1 is 1.28 bits per heavy atom. The SMILES string of the molecule is CCCN(C)c1ccc(C(=O)Nn2c(C)nc3sccc3c2=O)cc1. The Labute approximate surface area is 149 Å². The normalized spacial score (nSPS) is 10.8. The van der Waals surface area contributed by atoms with E-state index in [2.05, 4.69) is 22.2 Å². The van der Waals surface area contributed by atoms with Gasteiger partial charge in [-0.3, -0.25) is 15.0 Å². The number of thiophene rings is 1. The van der Waals surface area contributed by atoms with E-state index in [0.29, 0.717) is 21.6 Å². The van der Waals surface area contributed by atoms with Crippen molar-refractivity contribution in [2.45, 2.75) is 20.3 Å². The molecule has 1 amide bonds. The quantitative estimate of drug-likeness (QED) is 0.763. The van der Waals surface area contributed by atoms with Gasteiger partial charge in [-0.15, -0.1) is 11.3 Å². The second-order valence-electron chi connectivity index (χ2n) is 5.85. The maximum atomic E-state index is 12.5. The van der Waals surface area contributed by atoms with Crippen LogP contribution in [0.4, 0.5) is 5.69 Å². The summed E-state index contributed by atoms with van der Waals surface area (Å²) in [7, 11) is 2.02. The standard InChI is InChI=1S/C18H20N4O2S/c1-4-10-21(3)14-7-5-13(6-8-14)16(23)20-22-12(2)19-17-15(18(22)24)9-11-25-17/h5-9,11H,4,10H2,1-3H3,(H,20,23). The zero-order valence-electron chi connectivity index (χ0n) is 14.4. The molecule has 0 spiro atoms. The van der Waals surface area contributed by atoms with Crippen LogP contribution in [0.1, 0.15) is 29.5 Å². The Bertz CT molecular complexity index is 959. The summed E-state index contributed by atoms with van der Waals surface area (Å²) < 4.78 is 1.20. The molecule has 25 heavy (non-hydrogen) atoms. The summed E-state index contributed by atoms with van der Waals surface area (Å²) >= 11 is 1.41. The molecule has 0 bridgehead atoms. The Morgan fingerprint density at radius 3 is 2.68 bits per heavy atom. The lowest BCUT2D eigenvalue weighted by atomic mass is 10.2. The van der Waals surface area contributed by atoms with Crippen molar-refractivity contribution in [3.8, 4) is 0 Å². The van der Waals surface area contributed by atoms with Crippen LogP contribution in [0.2, 0.25) is 0 Å². The Hall–Kier alpha value is -2.67. The molecule has 3 aromatic rings. The maximum Gasteiger partial charge on any atom is 0.281 e. The molecule has 6 nitrogen and oxygen atoms in total. The van der Waals surface area contributed by atoms with Gasteiger partial charge in [0.25, 0.3) is 11.5 Å². The summed E-state index contributed by atoms with van der Waals surface area (Å²) in [6, 6.07) is 9.04. The predicted octanol–water partition coefficient (Wildman–Crippen LogP) is 3.00. The number of anilines is 1. The molecule has 2 aromatic heterocycles. The van der Waals surface area contributed by atoms with Crippen LogP contribution < -0.4 is 15.9 Å². The molecular weight excluding hydrogens is 336 g/mol. The van der Waals surface area contributed by atoms with E-state index in [1.165, 1.54) is 16.0 Å². The number of aryl methyl sites for hydroxylation is 1. The Balaban J connectivity index is 1.84. The number of amides is 1. The lowest BCUT2D eigenvalue weighted by Gasteiger charge is -2.18. The number of carbonyl (C=O) groups excluding carboxylic acids is 1. The fraction of sp³-hybridized carbons (Fsp3) is 0.278. The van der Waals surface area contributed by atoms with Crippen molar-refractivity contribution in [1.29, 1.82) is 0 Å². The lowest BCUT2D eigenvalue weighted by molar-refractivity contribution is 0.101. The molecule has 0 unspecified atom stereocenters. The monoisotopic (exact) mass is 356 g/mol. The third-order valence-electron chi connectivity index (χ3n) is 4.01. The maximum absolute atomic E-state index is 12.5. The average Bonchev–Trinajstić information content (AvgIpc) is 3.07. The highest BCUT2D eigenvalue weighted by molar-refractivity contribution is 7.16. The number of fused-ring (bicyclic) bond motifs is 1. The van der Waals surface area contributed by atoms with E-state index in [-0.39, 0.29) is 11.5 Å². The first-order valence-corrected chi connectivity index (χ1v) is 8.98. The predicted molar refractivity (Wildman–Crippen MR) is 102 cm³/mol. The van der Waals surface area contributed by atoms with Crippen LogP contribution in [0, 0.1) is 6.92 Å². The van der Waals surface area contributed by atoms with Gasteiger partial charge in [0.2, 0.25) is 0 Å². The smallest absolute Gasteiger partial charge is 0.281 e. The number of benzene rings is 1. The molecule has 0 aliphatic carbocycles. The van der Waals surface area contributed by atoms with Gasteiger partial charge in [-0.2, -0.15) is 0 Å². The number of aromatic nitrogens is 2. The molecule has 0 fully saturated rings. The number of carbonyl (C=O) groups is 1. The van der Waals surface area contributed by atoms with E-state index in [0.717, 1.165) is 18.7 Å². The summed E-state index contributed by atoms with van der Waals surface area (Å²) in [5, 5.41) is 2.32. The van der Waals surface area contributed by atoms with Gasteiger partial charge in [-0.1, -0.05) is 6.92 Å². The molecule has 0 atom stereocenters. The third-order valence-corrected chi connectivity index (χ3v) is 4.81. The minimum absolute atomic E-state index is 0.267. The summed E-state index contributed by atoms with van der Waals surface area (Å²) in [5.41, 5.74) is 3.92. The van der Waals surface area contributed by atoms with Crippen molar-refractivity contribution in [3.63, 3.8) is 0 Å². The van der Waals surface area contributed by atoms with E-state index >= 15 is 0 Å². The first-order valence-electron chi connectivity index (χ1n) is 8.10. The van der Waals surface area contributed by atoms with E-state index in [9.17, 15) is 9.59 Å². The van der Waals surface area contributed by atoms with Gasteiger partial charge >= 0.3 is 0 Å². The summed E-state index contributed by atoms with van der Waals surface area (Å²) in [5.74, 6) is 0.110. The van der Waals surface area contributed by atoms with E-state index in [1.807, 2.05) is 24.6 Å². The molecule has 1 aromatic carbocycles. The highest BCUT2D eigenvalue weighted by Gasteiger charge is 2.13. The zero-order valence-corrected chi connectivity index (χ0v) is 15.3. The minimum Gasteiger partial charge on any atom is -0.375 e. The van der Waals surface area contributed by atoms with Crippen molar-refractivity contribution < 1.29 is 4.79 Å². The molecule has 0 saturated carbocycles. The third kappa shape index (κ3) is 3.41. The van der Waals surface area contributed by atoms with Gasteiger partial charge in [0.1, 0.15) is 10.7 Å². The second-order valence-corrected chi connectivity index (χ2v) is 6.74. The van der Waals surface area contributed by atoms with Crippen LogP contribution in [0.15, 0.2) is 40.5 Å². The fourth-order valence-corrected chi connectivity index (χ4v) is 3.44. The molecule has 0 aliphatic heterocycles. The summed E-state index contributed by atoms with van der Waals surface area (Å²) in [6.07, 6.45) is 1.05. The number of rotatable bonds is 5. The van der Waals surface area contributed by atoms with Crippen molar-refractivity contribution in [3.05, 3.63) is 57.5 Å². The highest BCUT2D eigenvalue weighted by Crippen LogP contribution is 2.16. The molecule has 2 heterocycles. The highest BCUT2D eigenvalue weighted by atomic mass is 32.1. The first kappa shape index (κ1) is 17.2. The van der Waals surface area contributed by atoms with Gasteiger partial charge < -0.3 is 4.90 Å². The van der Waals surface area contributed by atoms with Gasteiger partial charge in [-0.05, 0) is 49.1 Å². The summed E-state index contributed by atoms with van der Waals surface area (Å²) in [6.45, 7) is 4.77. The van der Waals surface area contributed by atoms with Crippen LogP contribution in [-0.2, 0) is 0 Å². The largest absolute Gasteiger partial charge is 0.375 e. The van der Waals surface area contributed by atoms with Gasteiger partial charge in [0.05, 0.1) is 5.39 Å². The lowest BCUT2D eigenvalue weighted by Crippen LogP contribution is -2.35. The molecule has 7 heteroatoms. The molecule has 0 aliphatic rings. The molecule has 130 valence electrons. The number of hydrogen-bond donors (Lipinski definition) is 1. The molecule has 0 saturated heterocycles. The van der Waals surface area contributed by atoms with E-state index in [1.54, 1.807) is 25.1 Å². The summed E-state index contributed by atoms with van der Waals surface area (Å²) in [4.78, 5) is 32.2. The number of nitrogens with zero attached hydrogens (tertiary/aromatic N) is 3. The van der Waals surface area contributed by atoms with E-state index < -0.39 is 0 Å². The Kier molecular flexibility index (Phi) is 4.85. The van der Waals surface area contributed by atoms with Gasteiger partial charge in [-0.25, -0.2) is 9.66 Å². The number of nitrogens with one attached hydrogen (secondary N) is 1. The first-order chi connectivity index (χ1) is 12.0. The number of hydrogen-bond acceptors (Lipinski definition) is 5. The van der Waals surface area contributed by atoms with Crippen molar-refractivity contribution in [2.75, 3.05) is 23.9 Å². The van der Waals surface area contributed by atoms with Crippen LogP contribution >= 0.6 is 11.3 Å². The van der Waals surface area contributed by atoms with Crippen molar-refractivity contribution in [1.82, 2.24) is 9.66 Å². The van der Waals surface area contributed by atoms with E-state index in [4.69, 9.17) is 0 Å². The van der Waals surface area contributed by atoms with Crippen LogP contribution in [0.25, 0.3) is 10.2 Å². The average molecular weight is 356 g/mol. The molecule has 0 radical (unpaired) electrons.